The minimum absolute atomic E-state index is 0.533. The van der Waals surface area contributed by atoms with Crippen LogP contribution in [0.3, 0.4) is 0 Å². The molecule has 228 valence electrons. The zero-order chi connectivity index (χ0) is 32.5. The van der Waals surface area contributed by atoms with Gasteiger partial charge in [0.15, 0.2) is 0 Å². The van der Waals surface area contributed by atoms with Crippen LogP contribution in [-0.4, -0.2) is 9.55 Å². The van der Waals surface area contributed by atoms with E-state index in [0.717, 1.165) is 56.1 Å². The topological polar surface area (TPSA) is 50.8 Å². The number of fused-ring (bicyclic) bond motifs is 10. The van der Waals surface area contributed by atoms with Crippen LogP contribution in [-0.2, 0) is 5.41 Å². The van der Waals surface area contributed by atoms with E-state index in [4.69, 9.17) is 9.72 Å². The van der Waals surface area contributed by atoms with E-state index in [-0.39, 0.29) is 0 Å². The maximum Gasteiger partial charge on any atom is 0.149 e. The second-order valence-electron chi connectivity index (χ2n) is 12.6. The van der Waals surface area contributed by atoms with Crippen molar-refractivity contribution >= 4 is 11.0 Å². The highest BCUT2D eigenvalue weighted by molar-refractivity contribution is 5.90. The van der Waals surface area contributed by atoms with Gasteiger partial charge in [0.25, 0.3) is 0 Å². The molecule has 0 saturated heterocycles. The van der Waals surface area contributed by atoms with Gasteiger partial charge in [0.1, 0.15) is 23.4 Å². The number of para-hydroxylation sites is 3. The number of benzene rings is 7. The minimum atomic E-state index is -0.640. The second-order valence-corrected chi connectivity index (χ2v) is 12.6. The number of ether oxygens (including phenoxy) is 1. The number of imidazole rings is 1. The molecular weight excluding hydrogens is 599 g/mol. The van der Waals surface area contributed by atoms with Crippen molar-refractivity contribution in [1.82, 2.24) is 9.55 Å². The van der Waals surface area contributed by atoms with Crippen LogP contribution in [0.2, 0.25) is 0 Å². The second kappa shape index (κ2) is 10.4. The monoisotopic (exact) mass is 625 g/mol. The van der Waals surface area contributed by atoms with E-state index < -0.39 is 5.41 Å². The van der Waals surface area contributed by atoms with E-state index in [9.17, 15) is 5.26 Å². The first-order valence-corrected chi connectivity index (χ1v) is 16.4. The minimum Gasteiger partial charge on any atom is -0.455 e. The predicted molar refractivity (Wildman–Crippen MR) is 194 cm³/mol. The molecule has 8 aromatic rings. The lowest BCUT2D eigenvalue weighted by molar-refractivity contribution is 0.435. The van der Waals surface area contributed by atoms with Gasteiger partial charge in [-0.2, -0.15) is 5.26 Å². The molecule has 1 aromatic heterocycles. The fourth-order valence-corrected chi connectivity index (χ4v) is 8.06. The first-order valence-electron chi connectivity index (χ1n) is 16.4. The van der Waals surface area contributed by atoms with Gasteiger partial charge in [0.2, 0.25) is 0 Å². The molecular formula is C45H27N3O. The Bertz CT molecular complexity index is 2600. The molecule has 2 heterocycles. The average molecular weight is 626 g/mol. The highest BCUT2D eigenvalue weighted by Crippen LogP contribution is 2.62. The highest BCUT2D eigenvalue weighted by Gasteiger charge is 2.51. The fourth-order valence-electron chi connectivity index (χ4n) is 8.06. The third-order valence-corrected chi connectivity index (χ3v) is 10.1. The summed E-state index contributed by atoms with van der Waals surface area (Å²) in [5.74, 6) is 2.30. The van der Waals surface area contributed by atoms with Gasteiger partial charge < -0.3 is 4.74 Å². The molecule has 0 radical (unpaired) electrons. The van der Waals surface area contributed by atoms with Crippen LogP contribution in [0.5, 0.6) is 11.5 Å². The van der Waals surface area contributed by atoms with Gasteiger partial charge in [0.05, 0.1) is 22.0 Å². The summed E-state index contributed by atoms with van der Waals surface area (Å²) in [7, 11) is 0. The van der Waals surface area contributed by atoms with Gasteiger partial charge in [-0.25, -0.2) is 4.98 Å². The molecule has 0 unspecified atom stereocenters. The Kier molecular flexibility index (Phi) is 5.82. The van der Waals surface area contributed by atoms with Crippen LogP contribution in [0, 0.1) is 11.3 Å². The standard InChI is InChI=1S/C45H27N3O/c46-28-32-13-10-18-38-43(32)49-42-26-23-31(27-39(42)45(38)36-16-6-4-14-34(36)35-15-5-7-17-37(35)45)29-21-24-33(25-22-29)48-41-20-9-8-19-40(41)47-44(48)30-11-2-1-3-12-30/h1-27H. The Labute approximate surface area is 283 Å². The van der Waals surface area contributed by atoms with E-state index in [1.54, 1.807) is 0 Å². The van der Waals surface area contributed by atoms with Crippen molar-refractivity contribution in [3.05, 3.63) is 192 Å². The number of hydrogen-bond acceptors (Lipinski definition) is 3. The maximum absolute atomic E-state index is 10.2. The van der Waals surface area contributed by atoms with Gasteiger partial charge in [-0.15, -0.1) is 0 Å². The lowest BCUT2D eigenvalue weighted by Gasteiger charge is -2.39. The van der Waals surface area contributed by atoms with E-state index in [1.165, 1.54) is 22.3 Å². The molecule has 1 aliphatic heterocycles. The van der Waals surface area contributed by atoms with Crippen molar-refractivity contribution < 1.29 is 4.74 Å². The molecule has 4 heteroatoms. The maximum atomic E-state index is 10.2. The largest absolute Gasteiger partial charge is 0.455 e. The summed E-state index contributed by atoms with van der Waals surface area (Å²) >= 11 is 0. The first kappa shape index (κ1) is 27.4. The zero-order valence-corrected chi connectivity index (χ0v) is 26.3. The molecule has 0 saturated carbocycles. The van der Waals surface area contributed by atoms with Crippen molar-refractivity contribution in [3.63, 3.8) is 0 Å². The number of hydrogen-bond donors (Lipinski definition) is 0. The Morgan fingerprint density at radius 1 is 0.551 bits per heavy atom. The van der Waals surface area contributed by atoms with Gasteiger partial charge in [-0.05, 0) is 75.8 Å². The molecule has 0 fully saturated rings. The molecule has 7 aromatic carbocycles. The SMILES string of the molecule is N#Cc1cccc2c1Oc1ccc(-c3ccc(-n4c(-c5ccccc5)nc5ccccc54)cc3)cc1C21c2ccccc2-c2ccccc21. The average Bonchev–Trinajstić information content (AvgIpc) is 3.70. The van der Waals surface area contributed by atoms with Crippen molar-refractivity contribution in [2.45, 2.75) is 5.41 Å². The van der Waals surface area contributed by atoms with Crippen molar-refractivity contribution in [3.8, 4) is 56.9 Å². The summed E-state index contributed by atoms with van der Waals surface area (Å²) in [4.78, 5) is 5.03. The molecule has 10 rings (SSSR count). The van der Waals surface area contributed by atoms with Crippen molar-refractivity contribution in [1.29, 1.82) is 5.26 Å². The Morgan fingerprint density at radius 3 is 1.96 bits per heavy atom. The molecule has 2 aliphatic rings. The number of nitriles is 1. The number of rotatable bonds is 3. The molecule has 1 spiro atoms. The fraction of sp³-hybridized carbons (Fsp3) is 0.0222. The summed E-state index contributed by atoms with van der Waals surface area (Å²) in [6.45, 7) is 0. The van der Waals surface area contributed by atoms with Crippen LogP contribution in [0.25, 0.3) is 50.4 Å². The normalized spacial score (nSPS) is 13.2. The van der Waals surface area contributed by atoms with Gasteiger partial charge >= 0.3 is 0 Å². The Hall–Kier alpha value is -6.70. The lowest BCUT2D eigenvalue weighted by atomic mass is 9.65. The summed E-state index contributed by atoms with van der Waals surface area (Å²) in [6.07, 6.45) is 0. The third-order valence-electron chi connectivity index (χ3n) is 10.1. The quantitative estimate of drug-likeness (QED) is 0.196. The predicted octanol–water partition coefficient (Wildman–Crippen LogP) is 10.7. The van der Waals surface area contributed by atoms with Crippen LogP contribution in [0.15, 0.2) is 164 Å². The summed E-state index contributed by atoms with van der Waals surface area (Å²) in [6, 6.07) is 59.5. The smallest absolute Gasteiger partial charge is 0.149 e. The zero-order valence-electron chi connectivity index (χ0n) is 26.3. The summed E-state index contributed by atoms with van der Waals surface area (Å²) in [5, 5.41) is 10.2. The summed E-state index contributed by atoms with van der Waals surface area (Å²) < 4.78 is 8.87. The van der Waals surface area contributed by atoms with Crippen LogP contribution >= 0.6 is 0 Å². The molecule has 0 N–H and O–H groups in total. The summed E-state index contributed by atoms with van der Waals surface area (Å²) in [5.41, 5.74) is 13.1. The van der Waals surface area contributed by atoms with Crippen LogP contribution in [0.1, 0.15) is 27.8 Å². The number of nitrogens with zero attached hydrogens (tertiary/aromatic N) is 3. The van der Waals surface area contributed by atoms with E-state index >= 15 is 0 Å². The molecule has 49 heavy (non-hydrogen) atoms. The highest BCUT2D eigenvalue weighted by atomic mass is 16.5. The first-order chi connectivity index (χ1) is 24.3. The lowest BCUT2D eigenvalue weighted by Crippen LogP contribution is -2.32. The van der Waals surface area contributed by atoms with Gasteiger partial charge in [-0.1, -0.05) is 121 Å². The van der Waals surface area contributed by atoms with Gasteiger partial charge in [-0.3, -0.25) is 4.57 Å². The van der Waals surface area contributed by atoms with Crippen LogP contribution in [0.4, 0.5) is 0 Å². The Morgan fingerprint density at radius 2 is 1.20 bits per heavy atom. The molecule has 0 atom stereocenters. The van der Waals surface area contributed by atoms with E-state index in [0.29, 0.717) is 11.3 Å². The molecule has 1 aliphatic carbocycles. The number of aromatic nitrogens is 2. The van der Waals surface area contributed by atoms with Crippen molar-refractivity contribution in [2.24, 2.45) is 0 Å². The van der Waals surface area contributed by atoms with Crippen molar-refractivity contribution in [2.75, 3.05) is 0 Å². The van der Waals surface area contributed by atoms with E-state index in [2.05, 4.69) is 150 Å². The molecule has 4 nitrogen and oxygen atoms in total. The third kappa shape index (κ3) is 3.82. The van der Waals surface area contributed by atoms with Crippen LogP contribution < -0.4 is 4.74 Å². The Balaban J connectivity index is 1.16. The van der Waals surface area contributed by atoms with E-state index in [1.807, 2.05) is 24.3 Å². The van der Waals surface area contributed by atoms with Gasteiger partial charge in [0, 0.05) is 22.4 Å². The molecule has 0 bridgehead atoms. The molecule has 0 amide bonds.